The highest BCUT2D eigenvalue weighted by atomic mass is 15.3. The Kier molecular flexibility index (Phi) is 3.34. The zero-order valence-electron chi connectivity index (χ0n) is 8.80. The Morgan fingerprint density at radius 1 is 1.23 bits per heavy atom. The van der Waals surface area contributed by atoms with E-state index in [1.165, 1.54) is 24.1 Å². The second-order valence-corrected chi connectivity index (χ2v) is 3.14. The van der Waals surface area contributed by atoms with E-state index in [1.54, 1.807) is 0 Å². The van der Waals surface area contributed by atoms with E-state index in [-0.39, 0.29) is 0 Å². The predicted octanol–water partition coefficient (Wildman–Crippen LogP) is 1.91. The van der Waals surface area contributed by atoms with Gasteiger partial charge in [0.15, 0.2) is 0 Å². The van der Waals surface area contributed by atoms with Crippen molar-refractivity contribution in [1.82, 2.24) is 9.78 Å². The van der Waals surface area contributed by atoms with Crippen molar-refractivity contribution >= 4 is 5.82 Å². The monoisotopic (exact) mass is 181 g/mol. The fraction of sp³-hybridized carbons (Fsp3) is 0.700. The van der Waals surface area contributed by atoms with Crippen LogP contribution in [0.15, 0.2) is 0 Å². The number of hydrogen-bond donors (Lipinski definition) is 1. The topological polar surface area (TPSA) is 43.8 Å². The van der Waals surface area contributed by atoms with Crippen LogP contribution in [0.25, 0.3) is 0 Å². The molecule has 0 saturated carbocycles. The standard InChI is InChI=1S/C8H13N3.C2H6/c1-11-7-5-3-2-4-6(7)8(9)10-11;1-2/h2-5H2,1H3,(H2,9,10);1-2H3. The van der Waals surface area contributed by atoms with Gasteiger partial charge in [0, 0.05) is 18.3 Å². The molecular formula is C10H19N3. The average molecular weight is 181 g/mol. The molecule has 1 heterocycles. The van der Waals surface area contributed by atoms with E-state index >= 15 is 0 Å². The van der Waals surface area contributed by atoms with Crippen LogP contribution >= 0.6 is 0 Å². The summed E-state index contributed by atoms with van der Waals surface area (Å²) in [5, 5.41) is 4.19. The maximum absolute atomic E-state index is 5.73. The quantitative estimate of drug-likeness (QED) is 0.664. The number of hydrogen-bond acceptors (Lipinski definition) is 2. The first-order valence-electron chi connectivity index (χ1n) is 5.09. The Labute approximate surface area is 79.9 Å². The lowest BCUT2D eigenvalue weighted by Gasteiger charge is -2.11. The van der Waals surface area contributed by atoms with E-state index in [1.807, 2.05) is 25.6 Å². The Hall–Kier alpha value is -0.990. The molecule has 0 atom stereocenters. The van der Waals surface area contributed by atoms with Gasteiger partial charge in [-0.05, 0) is 25.7 Å². The van der Waals surface area contributed by atoms with Crippen molar-refractivity contribution in [3.63, 3.8) is 0 Å². The molecule has 0 amide bonds. The number of nitrogens with zero attached hydrogens (tertiary/aromatic N) is 2. The summed E-state index contributed by atoms with van der Waals surface area (Å²) in [7, 11) is 1.97. The molecule has 1 aliphatic carbocycles. The molecule has 1 aliphatic rings. The molecule has 0 aliphatic heterocycles. The van der Waals surface area contributed by atoms with Crippen LogP contribution in [-0.2, 0) is 19.9 Å². The number of fused-ring (bicyclic) bond motifs is 1. The van der Waals surface area contributed by atoms with Gasteiger partial charge in [0.2, 0.25) is 0 Å². The molecule has 3 heteroatoms. The van der Waals surface area contributed by atoms with E-state index in [2.05, 4.69) is 5.10 Å². The summed E-state index contributed by atoms with van der Waals surface area (Å²) in [6.45, 7) is 4.00. The predicted molar refractivity (Wildman–Crippen MR) is 55.6 cm³/mol. The molecular weight excluding hydrogens is 162 g/mol. The molecule has 2 rings (SSSR count). The highest BCUT2D eigenvalue weighted by Gasteiger charge is 2.16. The Balaban J connectivity index is 0.000000396. The number of rotatable bonds is 0. The molecule has 1 aromatic heterocycles. The normalized spacial score (nSPS) is 14.4. The molecule has 0 bridgehead atoms. The van der Waals surface area contributed by atoms with Gasteiger partial charge >= 0.3 is 0 Å². The van der Waals surface area contributed by atoms with Crippen LogP contribution in [0.5, 0.6) is 0 Å². The summed E-state index contributed by atoms with van der Waals surface area (Å²) >= 11 is 0. The van der Waals surface area contributed by atoms with E-state index in [0.29, 0.717) is 0 Å². The Morgan fingerprint density at radius 2 is 1.85 bits per heavy atom. The maximum atomic E-state index is 5.73. The van der Waals surface area contributed by atoms with Gasteiger partial charge in [-0.3, -0.25) is 4.68 Å². The van der Waals surface area contributed by atoms with Gasteiger partial charge in [0.25, 0.3) is 0 Å². The maximum Gasteiger partial charge on any atom is 0.148 e. The van der Waals surface area contributed by atoms with Crippen LogP contribution in [0.2, 0.25) is 0 Å². The fourth-order valence-electron chi connectivity index (χ4n) is 1.80. The van der Waals surface area contributed by atoms with Crippen molar-refractivity contribution < 1.29 is 0 Å². The average Bonchev–Trinajstić information content (AvgIpc) is 2.47. The summed E-state index contributed by atoms with van der Waals surface area (Å²) in [6, 6.07) is 0. The van der Waals surface area contributed by atoms with Gasteiger partial charge in [-0.25, -0.2) is 0 Å². The summed E-state index contributed by atoms with van der Waals surface area (Å²) in [5.74, 6) is 0.738. The molecule has 0 aromatic carbocycles. The second-order valence-electron chi connectivity index (χ2n) is 3.14. The van der Waals surface area contributed by atoms with Gasteiger partial charge < -0.3 is 5.73 Å². The molecule has 0 spiro atoms. The van der Waals surface area contributed by atoms with E-state index in [9.17, 15) is 0 Å². The molecule has 3 nitrogen and oxygen atoms in total. The van der Waals surface area contributed by atoms with Crippen LogP contribution in [0.3, 0.4) is 0 Å². The van der Waals surface area contributed by atoms with Crippen molar-refractivity contribution in [2.45, 2.75) is 39.5 Å². The van der Waals surface area contributed by atoms with E-state index in [4.69, 9.17) is 5.73 Å². The number of nitrogen functional groups attached to an aromatic ring is 1. The van der Waals surface area contributed by atoms with Crippen molar-refractivity contribution in [2.75, 3.05) is 5.73 Å². The van der Waals surface area contributed by atoms with Crippen molar-refractivity contribution in [3.05, 3.63) is 11.3 Å². The van der Waals surface area contributed by atoms with E-state index in [0.717, 1.165) is 18.7 Å². The molecule has 74 valence electrons. The minimum Gasteiger partial charge on any atom is -0.382 e. The molecule has 2 N–H and O–H groups in total. The molecule has 0 fully saturated rings. The number of anilines is 1. The third-order valence-electron chi connectivity index (χ3n) is 2.40. The first kappa shape index (κ1) is 10.1. The van der Waals surface area contributed by atoms with Gasteiger partial charge in [-0.15, -0.1) is 0 Å². The first-order valence-corrected chi connectivity index (χ1v) is 5.09. The summed E-state index contributed by atoms with van der Waals surface area (Å²) in [4.78, 5) is 0. The number of nitrogens with two attached hydrogens (primary N) is 1. The van der Waals surface area contributed by atoms with Crippen LogP contribution < -0.4 is 5.73 Å². The third-order valence-corrected chi connectivity index (χ3v) is 2.40. The summed E-state index contributed by atoms with van der Waals surface area (Å²) in [5.41, 5.74) is 8.36. The smallest absolute Gasteiger partial charge is 0.148 e. The SMILES string of the molecule is CC.Cn1nc(N)c2c1CCCC2. The van der Waals surface area contributed by atoms with E-state index < -0.39 is 0 Å². The van der Waals surface area contributed by atoms with Gasteiger partial charge in [-0.1, -0.05) is 13.8 Å². The van der Waals surface area contributed by atoms with Crippen molar-refractivity contribution in [2.24, 2.45) is 7.05 Å². The lowest BCUT2D eigenvalue weighted by Crippen LogP contribution is -2.05. The van der Waals surface area contributed by atoms with Crippen LogP contribution in [0.4, 0.5) is 5.82 Å². The van der Waals surface area contributed by atoms with Crippen molar-refractivity contribution in [3.8, 4) is 0 Å². The Morgan fingerprint density at radius 3 is 2.46 bits per heavy atom. The largest absolute Gasteiger partial charge is 0.382 e. The first-order chi connectivity index (χ1) is 6.29. The molecule has 0 saturated heterocycles. The minimum absolute atomic E-state index is 0.738. The van der Waals surface area contributed by atoms with Gasteiger partial charge in [0.05, 0.1) is 0 Å². The third kappa shape index (κ3) is 1.85. The number of aryl methyl sites for hydroxylation is 1. The zero-order valence-corrected chi connectivity index (χ0v) is 8.80. The number of aromatic nitrogens is 2. The molecule has 0 radical (unpaired) electrons. The molecule has 1 aromatic rings. The fourth-order valence-corrected chi connectivity index (χ4v) is 1.80. The van der Waals surface area contributed by atoms with Crippen LogP contribution in [0.1, 0.15) is 37.9 Å². The lowest BCUT2D eigenvalue weighted by atomic mass is 9.97. The zero-order chi connectivity index (χ0) is 9.84. The van der Waals surface area contributed by atoms with Crippen LogP contribution in [-0.4, -0.2) is 9.78 Å². The molecule has 0 unspecified atom stereocenters. The minimum atomic E-state index is 0.738. The van der Waals surface area contributed by atoms with Gasteiger partial charge in [0.1, 0.15) is 5.82 Å². The van der Waals surface area contributed by atoms with Gasteiger partial charge in [-0.2, -0.15) is 5.10 Å². The highest BCUT2D eigenvalue weighted by molar-refractivity contribution is 5.43. The molecule has 13 heavy (non-hydrogen) atoms. The highest BCUT2D eigenvalue weighted by Crippen LogP contribution is 2.24. The Bertz CT molecular complexity index is 249. The second kappa shape index (κ2) is 4.30. The lowest BCUT2D eigenvalue weighted by molar-refractivity contribution is 0.626. The summed E-state index contributed by atoms with van der Waals surface area (Å²) in [6.07, 6.45) is 4.82. The summed E-state index contributed by atoms with van der Waals surface area (Å²) < 4.78 is 1.92. The van der Waals surface area contributed by atoms with Crippen molar-refractivity contribution in [1.29, 1.82) is 0 Å². The van der Waals surface area contributed by atoms with Crippen LogP contribution in [0, 0.1) is 0 Å².